The van der Waals surface area contributed by atoms with E-state index in [1.165, 1.54) is 24.4 Å². The number of thioether (sulfide) groups is 1. The molecule has 0 aliphatic carbocycles. The average molecular weight is 487 g/mol. The number of nitrogens with zero attached hydrogens (tertiary/aromatic N) is 6. The second-order valence-corrected chi connectivity index (χ2v) is 9.87. The first-order valence-electron chi connectivity index (χ1n) is 11.7. The number of para-hydroxylation sites is 1. The van der Waals surface area contributed by atoms with E-state index in [1.54, 1.807) is 11.8 Å². The third-order valence-electron chi connectivity index (χ3n) is 6.74. The van der Waals surface area contributed by atoms with Crippen LogP contribution in [-0.4, -0.2) is 63.3 Å². The zero-order valence-electron chi connectivity index (χ0n) is 20.0. The molecule has 9 heteroatoms. The van der Waals surface area contributed by atoms with E-state index in [1.807, 2.05) is 36.4 Å². The Morgan fingerprint density at radius 2 is 2.03 bits per heavy atom. The van der Waals surface area contributed by atoms with Crippen molar-refractivity contribution in [1.29, 1.82) is 0 Å². The lowest BCUT2D eigenvalue weighted by molar-refractivity contribution is 0.318. The SMILES string of the molecule is C=CN=C(C)/C(=C\C)c1nnc(SCCCN2CC3CCN(c4c(F)cccc4F)C3C2)n1C. The molecule has 6 nitrogen and oxygen atoms in total. The van der Waals surface area contributed by atoms with Gasteiger partial charge in [0.15, 0.2) is 11.0 Å². The van der Waals surface area contributed by atoms with Gasteiger partial charge >= 0.3 is 0 Å². The van der Waals surface area contributed by atoms with Gasteiger partial charge in [-0.25, -0.2) is 8.78 Å². The van der Waals surface area contributed by atoms with E-state index in [-0.39, 0.29) is 11.7 Å². The predicted molar refractivity (Wildman–Crippen MR) is 135 cm³/mol. The number of allylic oxidation sites excluding steroid dienone is 2. The summed E-state index contributed by atoms with van der Waals surface area (Å²) in [6, 6.07) is 4.30. The van der Waals surface area contributed by atoms with Crippen LogP contribution >= 0.6 is 11.8 Å². The van der Waals surface area contributed by atoms with Crippen molar-refractivity contribution in [2.24, 2.45) is 18.0 Å². The van der Waals surface area contributed by atoms with E-state index in [4.69, 9.17) is 0 Å². The van der Waals surface area contributed by atoms with E-state index in [0.717, 1.165) is 67.0 Å². The van der Waals surface area contributed by atoms with Crippen LogP contribution in [0.25, 0.3) is 5.57 Å². The molecule has 2 aliphatic rings. The number of rotatable bonds is 9. The van der Waals surface area contributed by atoms with E-state index in [0.29, 0.717) is 5.92 Å². The Kier molecular flexibility index (Phi) is 7.83. The number of halogens is 2. The lowest BCUT2D eigenvalue weighted by Gasteiger charge is -2.27. The quantitative estimate of drug-likeness (QED) is 0.290. The number of aromatic nitrogens is 3. The van der Waals surface area contributed by atoms with Gasteiger partial charge in [0, 0.05) is 56.0 Å². The molecule has 2 unspecified atom stereocenters. The molecule has 2 saturated heterocycles. The number of anilines is 1. The summed E-state index contributed by atoms with van der Waals surface area (Å²) in [5.41, 5.74) is 1.94. The molecule has 2 aromatic rings. The third kappa shape index (κ3) is 4.95. The highest BCUT2D eigenvalue weighted by Crippen LogP contribution is 2.37. The van der Waals surface area contributed by atoms with Crippen LogP contribution in [0.3, 0.4) is 0 Å². The minimum absolute atomic E-state index is 0.138. The minimum atomic E-state index is -0.467. The number of likely N-dealkylation sites (tertiary alicyclic amines) is 1. The van der Waals surface area contributed by atoms with Crippen LogP contribution in [0.2, 0.25) is 0 Å². The molecule has 2 aliphatic heterocycles. The van der Waals surface area contributed by atoms with Gasteiger partial charge in [-0.3, -0.25) is 4.99 Å². The lowest BCUT2D eigenvalue weighted by Crippen LogP contribution is -2.36. The summed E-state index contributed by atoms with van der Waals surface area (Å²) < 4.78 is 30.7. The summed E-state index contributed by atoms with van der Waals surface area (Å²) in [6.07, 6.45) is 5.51. The largest absolute Gasteiger partial charge is 0.362 e. The van der Waals surface area contributed by atoms with E-state index >= 15 is 0 Å². The van der Waals surface area contributed by atoms with Gasteiger partial charge < -0.3 is 14.4 Å². The number of hydrogen-bond donors (Lipinski definition) is 0. The second kappa shape index (κ2) is 10.8. The second-order valence-electron chi connectivity index (χ2n) is 8.81. The fraction of sp³-hybridized carbons (Fsp3) is 0.480. The Morgan fingerprint density at radius 1 is 1.26 bits per heavy atom. The molecule has 0 N–H and O–H groups in total. The van der Waals surface area contributed by atoms with Gasteiger partial charge in [0.2, 0.25) is 0 Å². The molecule has 34 heavy (non-hydrogen) atoms. The van der Waals surface area contributed by atoms with Crippen molar-refractivity contribution in [1.82, 2.24) is 19.7 Å². The molecule has 3 heterocycles. The molecule has 182 valence electrons. The molecule has 2 fully saturated rings. The first-order valence-corrected chi connectivity index (χ1v) is 12.7. The fourth-order valence-electron chi connectivity index (χ4n) is 5.11. The maximum Gasteiger partial charge on any atom is 0.191 e. The summed E-state index contributed by atoms with van der Waals surface area (Å²) in [5, 5.41) is 9.61. The van der Waals surface area contributed by atoms with E-state index < -0.39 is 11.6 Å². The number of hydrogen-bond acceptors (Lipinski definition) is 6. The van der Waals surface area contributed by atoms with Crippen LogP contribution in [0.5, 0.6) is 0 Å². The highest BCUT2D eigenvalue weighted by Gasteiger charge is 2.42. The van der Waals surface area contributed by atoms with Crippen LogP contribution in [0.1, 0.15) is 32.5 Å². The molecule has 0 spiro atoms. The molecule has 1 aromatic heterocycles. The van der Waals surface area contributed by atoms with Crippen LogP contribution in [0.15, 0.2) is 47.2 Å². The first kappa shape index (κ1) is 24.6. The molecular weight excluding hydrogens is 454 g/mol. The molecular formula is C25H32F2N6S. The third-order valence-corrected chi connectivity index (χ3v) is 7.84. The Bertz CT molecular complexity index is 1070. The van der Waals surface area contributed by atoms with Gasteiger partial charge in [-0.05, 0) is 51.3 Å². The fourth-order valence-corrected chi connectivity index (χ4v) is 5.94. The normalized spacial score (nSPS) is 21.4. The average Bonchev–Trinajstić information content (AvgIpc) is 3.48. The summed E-state index contributed by atoms with van der Waals surface area (Å²) in [5.74, 6) is 1.25. The van der Waals surface area contributed by atoms with Crippen molar-refractivity contribution >= 4 is 28.7 Å². The Labute approximate surface area is 204 Å². The highest BCUT2D eigenvalue weighted by atomic mass is 32.2. The van der Waals surface area contributed by atoms with Crippen molar-refractivity contribution < 1.29 is 8.78 Å². The van der Waals surface area contributed by atoms with Gasteiger partial charge in [-0.1, -0.05) is 30.5 Å². The smallest absolute Gasteiger partial charge is 0.191 e. The summed E-state index contributed by atoms with van der Waals surface area (Å²) >= 11 is 1.69. The zero-order chi connectivity index (χ0) is 24.2. The van der Waals surface area contributed by atoms with Crippen molar-refractivity contribution in [2.75, 3.05) is 36.8 Å². The maximum atomic E-state index is 14.3. The predicted octanol–water partition coefficient (Wildman–Crippen LogP) is 4.79. The lowest BCUT2D eigenvalue weighted by atomic mass is 10.0. The van der Waals surface area contributed by atoms with Crippen LogP contribution in [-0.2, 0) is 7.05 Å². The zero-order valence-corrected chi connectivity index (χ0v) is 20.9. The van der Waals surface area contributed by atoms with Crippen LogP contribution < -0.4 is 4.90 Å². The minimum Gasteiger partial charge on any atom is -0.362 e. The maximum absolute atomic E-state index is 14.3. The van der Waals surface area contributed by atoms with Crippen molar-refractivity contribution in [2.45, 2.75) is 37.9 Å². The molecule has 0 radical (unpaired) electrons. The molecule has 4 rings (SSSR count). The van der Waals surface area contributed by atoms with Crippen LogP contribution in [0, 0.1) is 17.6 Å². The summed E-state index contributed by atoms with van der Waals surface area (Å²) in [6.45, 7) is 11.1. The molecule has 0 amide bonds. The number of benzene rings is 1. The summed E-state index contributed by atoms with van der Waals surface area (Å²) in [4.78, 5) is 8.65. The topological polar surface area (TPSA) is 49.6 Å². The van der Waals surface area contributed by atoms with Crippen molar-refractivity contribution in [3.63, 3.8) is 0 Å². The molecule has 0 saturated carbocycles. The number of aliphatic imine (C=N–C) groups is 1. The van der Waals surface area contributed by atoms with Crippen LogP contribution in [0.4, 0.5) is 14.5 Å². The van der Waals surface area contributed by atoms with Crippen molar-refractivity contribution in [3.05, 3.63) is 54.5 Å². The molecule has 0 bridgehead atoms. The van der Waals surface area contributed by atoms with Crippen molar-refractivity contribution in [3.8, 4) is 0 Å². The van der Waals surface area contributed by atoms with Gasteiger partial charge in [0.05, 0.1) is 0 Å². The standard InChI is InChI=1S/C25H32F2N6S/c1-5-19(17(3)28-6-2)24-29-30-25(31(24)4)34-14-8-12-32-15-18-11-13-33(22(18)16-32)23-20(26)9-7-10-21(23)27/h5-7,9-10,18,22H,2,8,11-16H2,1,3-4H3/b19-5+,28-17?. The van der Waals surface area contributed by atoms with E-state index in [2.05, 4.69) is 26.7 Å². The van der Waals surface area contributed by atoms with Gasteiger partial charge in [0.25, 0.3) is 0 Å². The monoisotopic (exact) mass is 486 g/mol. The molecule has 2 atom stereocenters. The van der Waals surface area contributed by atoms with E-state index in [9.17, 15) is 8.78 Å². The molecule has 1 aromatic carbocycles. The number of fused-ring (bicyclic) bond motifs is 1. The van der Waals surface area contributed by atoms with Gasteiger partial charge in [0.1, 0.15) is 17.3 Å². The Morgan fingerprint density at radius 3 is 2.74 bits per heavy atom. The highest BCUT2D eigenvalue weighted by molar-refractivity contribution is 7.99. The first-order chi connectivity index (χ1) is 16.4. The Balaban J connectivity index is 1.29. The Hall–Kier alpha value is -2.52. The summed E-state index contributed by atoms with van der Waals surface area (Å²) in [7, 11) is 1.97. The van der Waals surface area contributed by atoms with Gasteiger partial charge in [-0.2, -0.15) is 0 Å². The van der Waals surface area contributed by atoms with Gasteiger partial charge in [-0.15, -0.1) is 10.2 Å².